The van der Waals surface area contributed by atoms with Crippen LogP contribution in [0.15, 0.2) is 23.1 Å². The van der Waals surface area contributed by atoms with Crippen LogP contribution in [0.4, 0.5) is 4.39 Å². The lowest BCUT2D eigenvalue weighted by Crippen LogP contribution is -2.26. The standard InChI is InChI=1S/C14H21FN2O3S/c1-20-8-2-7-17-21(18,19)14-6-3-11(9-13(14)15)10-16-12-4-5-12/h3,6,9,12,16-17H,2,4-5,7-8,10H2,1H3. The van der Waals surface area contributed by atoms with Crippen LogP contribution in [0.25, 0.3) is 0 Å². The SMILES string of the molecule is COCCCNS(=O)(=O)c1ccc(CNC2CC2)cc1F. The zero-order chi connectivity index (χ0) is 15.3. The smallest absolute Gasteiger partial charge is 0.243 e. The third kappa shape index (κ3) is 5.03. The third-order valence-corrected chi connectivity index (χ3v) is 4.77. The molecule has 7 heteroatoms. The molecule has 0 atom stereocenters. The fourth-order valence-corrected chi connectivity index (χ4v) is 3.05. The second-order valence-electron chi connectivity index (χ2n) is 5.16. The molecule has 0 aliphatic heterocycles. The first-order valence-corrected chi connectivity index (χ1v) is 8.51. The minimum atomic E-state index is -3.81. The largest absolute Gasteiger partial charge is 0.385 e. The monoisotopic (exact) mass is 316 g/mol. The number of hydrogen-bond acceptors (Lipinski definition) is 4. The molecule has 0 saturated heterocycles. The van der Waals surface area contributed by atoms with Gasteiger partial charge in [0.1, 0.15) is 10.7 Å². The molecular formula is C14H21FN2O3S. The molecule has 1 saturated carbocycles. The molecule has 0 bridgehead atoms. The molecule has 2 N–H and O–H groups in total. The summed E-state index contributed by atoms with van der Waals surface area (Å²) >= 11 is 0. The summed E-state index contributed by atoms with van der Waals surface area (Å²) in [5.74, 6) is -0.718. The van der Waals surface area contributed by atoms with Crippen molar-refractivity contribution >= 4 is 10.0 Å². The average molecular weight is 316 g/mol. The van der Waals surface area contributed by atoms with Crippen LogP contribution in [-0.4, -0.2) is 34.7 Å². The number of rotatable bonds is 9. The topological polar surface area (TPSA) is 67.4 Å². The summed E-state index contributed by atoms with van der Waals surface area (Å²) in [6.07, 6.45) is 2.85. The van der Waals surface area contributed by atoms with E-state index in [9.17, 15) is 12.8 Å². The van der Waals surface area contributed by atoms with Crippen LogP contribution in [-0.2, 0) is 21.3 Å². The molecule has 1 fully saturated rings. The normalized spacial score (nSPS) is 15.3. The Labute approximate surface area is 124 Å². The fourth-order valence-electron chi connectivity index (χ4n) is 1.92. The van der Waals surface area contributed by atoms with Crippen molar-refractivity contribution in [2.75, 3.05) is 20.3 Å². The maximum absolute atomic E-state index is 14.0. The maximum atomic E-state index is 14.0. The molecule has 1 aliphatic rings. The Morgan fingerprint density at radius 3 is 2.76 bits per heavy atom. The molecule has 0 radical (unpaired) electrons. The van der Waals surface area contributed by atoms with Gasteiger partial charge >= 0.3 is 0 Å². The Balaban J connectivity index is 1.97. The van der Waals surface area contributed by atoms with E-state index in [-0.39, 0.29) is 11.4 Å². The van der Waals surface area contributed by atoms with E-state index in [4.69, 9.17) is 4.74 Å². The first-order valence-electron chi connectivity index (χ1n) is 7.03. The van der Waals surface area contributed by atoms with E-state index in [0.717, 1.165) is 18.4 Å². The van der Waals surface area contributed by atoms with Crippen LogP contribution < -0.4 is 10.0 Å². The Morgan fingerprint density at radius 1 is 1.38 bits per heavy atom. The zero-order valence-electron chi connectivity index (χ0n) is 12.1. The minimum absolute atomic E-state index is 0.223. The fraction of sp³-hybridized carbons (Fsp3) is 0.571. The van der Waals surface area contributed by atoms with Crippen molar-refractivity contribution < 1.29 is 17.5 Å². The highest BCUT2D eigenvalue weighted by Crippen LogP contribution is 2.20. The van der Waals surface area contributed by atoms with E-state index in [0.29, 0.717) is 25.6 Å². The van der Waals surface area contributed by atoms with Gasteiger partial charge in [-0.15, -0.1) is 0 Å². The van der Waals surface area contributed by atoms with Gasteiger partial charge in [-0.1, -0.05) is 6.07 Å². The van der Waals surface area contributed by atoms with Gasteiger partial charge in [0.2, 0.25) is 10.0 Å². The molecular weight excluding hydrogens is 295 g/mol. The van der Waals surface area contributed by atoms with Gasteiger partial charge in [-0.3, -0.25) is 0 Å². The van der Waals surface area contributed by atoms with Crippen LogP contribution in [0.5, 0.6) is 0 Å². The maximum Gasteiger partial charge on any atom is 0.243 e. The number of nitrogens with one attached hydrogen (secondary N) is 2. The van der Waals surface area contributed by atoms with Crippen LogP contribution in [0.1, 0.15) is 24.8 Å². The lowest BCUT2D eigenvalue weighted by molar-refractivity contribution is 0.196. The van der Waals surface area contributed by atoms with E-state index < -0.39 is 15.8 Å². The van der Waals surface area contributed by atoms with Gasteiger partial charge in [0.25, 0.3) is 0 Å². The number of methoxy groups -OCH3 is 1. The highest BCUT2D eigenvalue weighted by Gasteiger charge is 2.21. The van der Waals surface area contributed by atoms with Crippen molar-refractivity contribution in [3.05, 3.63) is 29.6 Å². The molecule has 118 valence electrons. The summed E-state index contributed by atoms with van der Waals surface area (Å²) in [4.78, 5) is -0.310. The van der Waals surface area contributed by atoms with Gasteiger partial charge in [0.15, 0.2) is 0 Å². The number of ether oxygens (including phenoxy) is 1. The van der Waals surface area contributed by atoms with Crippen molar-refractivity contribution in [3.63, 3.8) is 0 Å². The first-order chi connectivity index (χ1) is 10.0. The number of hydrogen-bond donors (Lipinski definition) is 2. The molecule has 0 spiro atoms. The first kappa shape index (κ1) is 16.4. The Bertz CT molecular complexity index is 574. The van der Waals surface area contributed by atoms with Crippen molar-refractivity contribution in [1.82, 2.24) is 10.0 Å². The summed E-state index contributed by atoms with van der Waals surface area (Å²) in [6, 6.07) is 4.76. The van der Waals surface area contributed by atoms with Crippen LogP contribution >= 0.6 is 0 Å². The van der Waals surface area contributed by atoms with Gasteiger partial charge in [-0.25, -0.2) is 17.5 Å². The molecule has 5 nitrogen and oxygen atoms in total. The van der Waals surface area contributed by atoms with Crippen molar-refractivity contribution in [2.24, 2.45) is 0 Å². The van der Waals surface area contributed by atoms with Gasteiger partial charge in [-0.2, -0.15) is 0 Å². The molecule has 0 amide bonds. The van der Waals surface area contributed by atoms with Crippen LogP contribution in [0.2, 0.25) is 0 Å². The molecule has 21 heavy (non-hydrogen) atoms. The van der Waals surface area contributed by atoms with Gasteiger partial charge in [0.05, 0.1) is 0 Å². The predicted molar refractivity (Wildman–Crippen MR) is 77.9 cm³/mol. The third-order valence-electron chi connectivity index (χ3n) is 3.28. The van der Waals surface area contributed by atoms with Crippen molar-refractivity contribution in [2.45, 2.75) is 36.7 Å². The quantitative estimate of drug-likeness (QED) is 0.676. The van der Waals surface area contributed by atoms with E-state index in [1.165, 1.54) is 12.1 Å². The number of sulfonamides is 1. The molecule has 1 aromatic carbocycles. The highest BCUT2D eigenvalue weighted by atomic mass is 32.2. The summed E-state index contributed by atoms with van der Waals surface area (Å²) in [5, 5.41) is 3.26. The van der Waals surface area contributed by atoms with Gasteiger partial charge in [-0.05, 0) is 37.0 Å². The second-order valence-corrected chi connectivity index (χ2v) is 6.90. The zero-order valence-corrected chi connectivity index (χ0v) is 12.9. The lowest BCUT2D eigenvalue weighted by Gasteiger charge is -2.09. The molecule has 2 rings (SSSR count). The van der Waals surface area contributed by atoms with Crippen molar-refractivity contribution in [1.29, 1.82) is 0 Å². The summed E-state index contributed by atoms with van der Waals surface area (Å²) in [7, 11) is -2.26. The van der Waals surface area contributed by atoms with Crippen LogP contribution in [0.3, 0.4) is 0 Å². The minimum Gasteiger partial charge on any atom is -0.385 e. The average Bonchev–Trinajstić information content (AvgIpc) is 3.25. The highest BCUT2D eigenvalue weighted by molar-refractivity contribution is 7.89. The van der Waals surface area contributed by atoms with Crippen LogP contribution in [0, 0.1) is 5.82 Å². The van der Waals surface area contributed by atoms with E-state index in [2.05, 4.69) is 10.0 Å². The second kappa shape index (κ2) is 7.31. The number of halogens is 1. The molecule has 1 aromatic rings. The van der Waals surface area contributed by atoms with E-state index >= 15 is 0 Å². The molecule has 1 aliphatic carbocycles. The molecule has 0 heterocycles. The van der Waals surface area contributed by atoms with E-state index in [1.807, 2.05) is 0 Å². The summed E-state index contributed by atoms with van der Waals surface area (Å²) < 4.78 is 45.2. The number of benzene rings is 1. The Hall–Kier alpha value is -1.02. The summed E-state index contributed by atoms with van der Waals surface area (Å²) in [6.45, 7) is 1.24. The molecule has 0 aromatic heterocycles. The Kier molecular flexibility index (Phi) is 5.69. The Morgan fingerprint density at radius 2 is 2.14 bits per heavy atom. The van der Waals surface area contributed by atoms with Crippen molar-refractivity contribution in [3.8, 4) is 0 Å². The van der Waals surface area contributed by atoms with Gasteiger partial charge in [0, 0.05) is 32.8 Å². The van der Waals surface area contributed by atoms with Gasteiger partial charge < -0.3 is 10.1 Å². The van der Waals surface area contributed by atoms with E-state index in [1.54, 1.807) is 13.2 Å². The molecule has 0 unspecified atom stereocenters. The summed E-state index contributed by atoms with van der Waals surface area (Å²) in [5.41, 5.74) is 0.748. The lowest BCUT2D eigenvalue weighted by atomic mass is 10.2. The predicted octanol–water partition coefficient (Wildman–Crippen LogP) is 1.39.